The lowest BCUT2D eigenvalue weighted by atomic mass is 9.98. The summed E-state index contributed by atoms with van der Waals surface area (Å²) in [7, 11) is 0. The van der Waals surface area contributed by atoms with Crippen molar-refractivity contribution in [1.29, 1.82) is 0 Å². The molecule has 1 aromatic carbocycles. The molecule has 0 spiro atoms. The zero-order valence-electron chi connectivity index (χ0n) is 17.0. The van der Waals surface area contributed by atoms with Gasteiger partial charge in [-0.2, -0.15) is 13.2 Å². The van der Waals surface area contributed by atoms with Gasteiger partial charge in [-0.1, -0.05) is 12.1 Å². The van der Waals surface area contributed by atoms with Gasteiger partial charge in [0.05, 0.1) is 6.54 Å². The molecule has 2 aromatic rings. The van der Waals surface area contributed by atoms with E-state index in [0.29, 0.717) is 18.2 Å². The molecule has 2 N–H and O–H groups in total. The summed E-state index contributed by atoms with van der Waals surface area (Å²) in [5.74, 6) is 0.965. The first kappa shape index (κ1) is 21.4. The standard InChI is InChI=1S/C21H25F3N6O/c22-21(23,24)14-29-12-16-5-1-6-18(17(16)13-29)28-20(31)27-10-15-4-2-9-30(11-15)19-25-7-3-8-26-19/h1,3,5-8,15H,2,4,9-14H2,(H2,27,28,31). The van der Waals surface area contributed by atoms with Crippen molar-refractivity contribution in [2.24, 2.45) is 5.92 Å². The molecule has 10 heteroatoms. The van der Waals surface area contributed by atoms with Crippen molar-refractivity contribution in [3.8, 4) is 0 Å². The summed E-state index contributed by atoms with van der Waals surface area (Å²) in [6.45, 7) is 1.58. The molecule has 1 unspecified atom stereocenters. The van der Waals surface area contributed by atoms with Gasteiger partial charge in [-0.15, -0.1) is 0 Å². The monoisotopic (exact) mass is 434 g/mol. The van der Waals surface area contributed by atoms with E-state index >= 15 is 0 Å². The van der Waals surface area contributed by atoms with E-state index in [4.69, 9.17) is 0 Å². The van der Waals surface area contributed by atoms with E-state index in [9.17, 15) is 18.0 Å². The predicted molar refractivity (Wildman–Crippen MR) is 111 cm³/mol. The van der Waals surface area contributed by atoms with Crippen LogP contribution in [-0.4, -0.2) is 53.3 Å². The zero-order valence-corrected chi connectivity index (χ0v) is 17.0. The fraction of sp³-hybridized carbons (Fsp3) is 0.476. The summed E-state index contributed by atoms with van der Waals surface area (Å²) in [4.78, 5) is 24.5. The number of piperidine rings is 1. The number of nitrogens with zero attached hydrogens (tertiary/aromatic N) is 4. The predicted octanol–water partition coefficient (Wildman–Crippen LogP) is 3.39. The number of alkyl halides is 3. The SMILES string of the molecule is O=C(NCC1CCCN(c2ncccn2)C1)Nc1cccc2c1CN(CC(F)(F)F)C2. The maximum atomic E-state index is 12.7. The largest absolute Gasteiger partial charge is 0.401 e. The highest BCUT2D eigenvalue weighted by molar-refractivity contribution is 5.90. The van der Waals surface area contributed by atoms with Crippen LogP contribution in [0.1, 0.15) is 24.0 Å². The third-order valence-electron chi connectivity index (χ3n) is 5.61. The molecule has 0 radical (unpaired) electrons. The van der Waals surface area contributed by atoms with Crippen molar-refractivity contribution in [3.05, 3.63) is 47.8 Å². The number of hydrogen-bond acceptors (Lipinski definition) is 5. The Hall–Kier alpha value is -2.88. The molecule has 2 aliphatic rings. The van der Waals surface area contributed by atoms with E-state index < -0.39 is 12.7 Å². The molecule has 166 valence electrons. The van der Waals surface area contributed by atoms with Gasteiger partial charge >= 0.3 is 12.2 Å². The van der Waals surface area contributed by atoms with Crippen molar-refractivity contribution in [2.75, 3.05) is 36.4 Å². The quantitative estimate of drug-likeness (QED) is 0.755. The molecule has 31 heavy (non-hydrogen) atoms. The number of anilines is 2. The zero-order chi connectivity index (χ0) is 21.8. The normalized spacial score (nSPS) is 19.2. The van der Waals surface area contributed by atoms with E-state index in [1.807, 2.05) is 0 Å². The Balaban J connectivity index is 1.30. The summed E-state index contributed by atoms with van der Waals surface area (Å²) in [5.41, 5.74) is 2.11. The van der Waals surface area contributed by atoms with Crippen molar-refractivity contribution < 1.29 is 18.0 Å². The van der Waals surface area contributed by atoms with E-state index in [1.165, 1.54) is 4.90 Å². The van der Waals surface area contributed by atoms with Crippen LogP contribution in [0.15, 0.2) is 36.7 Å². The molecule has 2 amide bonds. The van der Waals surface area contributed by atoms with Crippen molar-refractivity contribution in [2.45, 2.75) is 32.1 Å². The molecule has 0 aliphatic carbocycles. The van der Waals surface area contributed by atoms with Gasteiger partial charge in [0.25, 0.3) is 0 Å². The average molecular weight is 434 g/mol. The maximum Gasteiger partial charge on any atom is 0.401 e. The lowest BCUT2D eigenvalue weighted by Gasteiger charge is -2.32. The number of rotatable bonds is 5. The average Bonchev–Trinajstić information content (AvgIpc) is 3.15. The minimum Gasteiger partial charge on any atom is -0.340 e. The minimum atomic E-state index is -4.24. The molecule has 1 saturated heterocycles. The first-order valence-corrected chi connectivity index (χ1v) is 10.3. The van der Waals surface area contributed by atoms with Crippen LogP contribution in [0.4, 0.5) is 29.6 Å². The van der Waals surface area contributed by atoms with E-state index in [0.717, 1.165) is 37.1 Å². The summed E-state index contributed by atoms with van der Waals surface area (Å²) in [6, 6.07) is 6.71. The van der Waals surface area contributed by atoms with Crippen LogP contribution < -0.4 is 15.5 Å². The van der Waals surface area contributed by atoms with Gasteiger partial charge in [0, 0.05) is 50.8 Å². The van der Waals surface area contributed by atoms with Crippen LogP contribution in [0.3, 0.4) is 0 Å². The molecular formula is C21H25F3N6O. The highest BCUT2D eigenvalue weighted by Gasteiger charge is 2.34. The maximum absolute atomic E-state index is 12.7. The molecular weight excluding hydrogens is 409 g/mol. The molecule has 2 aliphatic heterocycles. The Bertz CT molecular complexity index is 908. The summed E-state index contributed by atoms with van der Waals surface area (Å²) >= 11 is 0. The molecule has 1 aromatic heterocycles. The van der Waals surface area contributed by atoms with E-state index in [1.54, 1.807) is 36.7 Å². The Morgan fingerprint density at radius 2 is 1.97 bits per heavy atom. The lowest BCUT2D eigenvalue weighted by molar-refractivity contribution is -0.146. The second kappa shape index (κ2) is 9.09. The molecule has 1 fully saturated rings. The number of hydrogen-bond donors (Lipinski definition) is 2. The number of nitrogens with one attached hydrogen (secondary N) is 2. The number of aromatic nitrogens is 2. The third kappa shape index (κ3) is 5.63. The van der Waals surface area contributed by atoms with Crippen LogP contribution in [0.5, 0.6) is 0 Å². The van der Waals surface area contributed by atoms with E-state index in [-0.39, 0.29) is 25.0 Å². The second-order valence-corrected chi connectivity index (χ2v) is 8.04. The topological polar surface area (TPSA) is 73.4 Å². The van der Waals surface area contributed by atoms with Gasteiger partial charge in [-0.05, 0) is 42.0 Å². The van der Waals surface area contributed by atoms with Gasteiger partial charge in [0.1, 0.15) is 0 Å². The highest BCUT2D eigenvalue weighted by atomic mass is 19.4. The van der Waals surface area contributed by atoms with Crippen LogP contribution >= 0.6 is 0 Å². The van der Waals surface area contributed by atoms with Crippen molar-refractivity contribution >= 4 is 17.7 Å². The Kier molecular flexibility index (Phi) is 6.26. The summed E-state index contributed by atoms with van der Waals surface area (Å²) < 4.78 is 38.2. The number of carbonyl (C=O) groups is 1. The molecule has 4 rings (SSSR count). The highest BCUT2D eigenvalue weighted by Crippen LogP contribution is 2.31. The molecule has 3 heterocycles. The van der Waals surface area contributed by atoms with Gasteiger partial charge in [0.15, 0.2) is 0 Å². The fourth-order valence-electron chi connectivity index (χ4n) is 4.24. The fourth-order valence-corrected chi connectivity index (χ4v) is 4.24. The number of benzene rings is 1. The summed E-state index contributed by atoms with van der Waals surface area (Å²) in [5, 5.41) is 5.71. The Morgan fingerprint density at radius 1 is 1.16 bits per heavy atom. The molecule has 1 atom stereocenters. The van der Waals surface area contributed by atoms with Gasteiger partial charge in [-0.3, -0.25) is 4.90 Å². The first-order valence-electron chi connectivity index (χ1n) is 10.3. The van der Waals surface area contributed by atoms with Crippen LogP contribution in [-0.2, 0) is 13.1 Å². The van der Waals surface area contributed by atoms with Gasteiger partial charge in [0.2, 0.25) is 5.95 Å². The third-order valence-corrected chi connectivity index (χ3v) is 5.61. The number of carbonyl (C=O) groups excluding carboxylic acids is 1. The second-order valence-electron chi connectivity index (χ2n) is 8.04. The van der Waals surface area contributed by atoms with Crippen LogP contribution in [0.2, 0.25) is 0 Å². The molecule has 7 nitrogen and oxygen atoms in total. The number of urea groups is 1. The first-order chi connectivity index (χ1) is 14.9. The summed E-state index contributed by atoms with van der Waals surface area (Å²) in [6.07, 6.45) is 1.17. The number of amides is 2. The Labute approximate surface area is 178 Å². The van der Waals surface area contributed by atoms with E-state index in [2.05, 4.69) is 25.5 Å². The molecule has 0 bridgehead atoms. The Morgan fingerprint density at radius 3 is 2.74 bits per heavy atom. The number of fused-ring (bicyclic) bond motifs is 1. The molecule has 0 saturated carbocycles. The van der Waals surface area contributed by atoms with Crippen molar-refractivity contribution in [1.82, 2.24) is 20.2 Å². The van der Waals surface area contributed by atoms with Crippen LogP contribution in [0.25, 0.3) is 0 Å². The van der Waals surface area contributed by atoms with Gasteiger partial charge < -0.3 is 15.5 Å². The minimum absolute atomic E-state index is 0.167. The van der Waals surface area contributed by atoms with Gasteiger partial charge in [-0.25, -0.2) is 14.8 Å². The van der Waals surface area contributed by atoms with Crippen LogP contribution in [0, 0.1) is 5.92 Å². The lowest BCUT2D eigenvalue weighted by Crippen LogP contribution is -2.42. The number of halogens is 3. The van der Waals surface area contributed by atoms with Crippen molar-refractivity contribution in [3.63, 3.8) is 0 Å². The smallest absolute Gasteiger partial charge is 0.340 e.